The Morgan fingerprint density at radius 1 is 1.17 bits per heavy atom. The largest absolute Gasteiger partial charge is 0.493 e. The molecule has 6 nitrogen and oxygen atoms in total. The topological polar surface area (TPSA) is 73.2 Å². The van der Waals surface area contributed by atoms with E-state index in [1.807, 2.05) is 12.1 Å². The number of fused-ring (bicyclic) bond motifs is 1. The maximum atomic E-state index is 5.24. The molecular weight excluding hydrogens is 234 g/mol. The van der Waals surface area contributed by atoms with Crippen molar-refractivity contribution in [1.29, 1.82) is 0 Å². The van der Waals surface area contributed by atoms with Crippen LogP contribution in [-0.2, 0) is 0 Å². The molecule has 0 aliphatic heterocycles. The van der Waals surface area contributed by atoms with Crippen molar-refractivity contribution in [3.8, 4) is 23.0 Å². The zero-order chi connectivity index (χ0) is 12.5. The van der Waals surface area contributed by atoms with Gasteiger partial charge < -0.3 is 19.0 Å². The summed E-state index contributed by atoms with van der Waals surface area (Å²) in [6, 6.07) is 5.39. The summed E-state index contributed by atoms with van der Waals surface area (Å²) in [7, 11) is 3.19. The van der Waals surface area contributed by atoms with Crippen LogP contribution < -0.4 is 9.47 Å². The SMILES string of the molecule is COc1cc2nc(-c3ccon3)[nH]c2cc1OC. The van der Waals surface area contributed by atoms with E-state index < -0.39 is 0 Å². The minimum atomic E-state index is 0.642. The zero-order valence-corrected chi connectivity index (χ0v) is 9.93. The van der Waals surface area contributed by atoms with E-state index in [2.05, 4.69) is 15.1 Å². The Morgan fingerprint density at radius 3 is 2.61 bits per heavy atom. The Morgan fingerprint density at radius 2 is 1.94 bits per heavy atom. The first-order valence-electron chi connectivity index (χ1n) is 5.34. The van der Waals surface area contributed by atoms with E-state index in [0.717, 1.165) is 11.0 Å². The Bertz CT molecular complexity index is 632. The molecular formula is C12H11N3O3. The number of benzene rings is 1. The van der Waals surface area contributed by atoms with Gasteiger partial charge in [-0.2, -0.15) is 0 Å². The number of nitrogens with zero attached hydrogens (tertiary/aromatic N) is 2. The van der Waals surface area contributed by atoms with E-state index in [1.54, 1.807) is 20.3 Å². The van der Waals surface area contributed by atoms with Crippen molar-refractivity contribution in [1.82, 2.24) is 15.1 Å². The van der Waals surface area contributed by atoms with Gasteiger partial charge in [-0.25, -0.2) is 4.98 Å². The third kappa shape index (κ3) is 1.58. The Kier molecular flexibility index (Phi) is 2.40. The number of nitrogens with one attached hydrogen (secondary N) is 1. The smallest absolute Gasteiger partial charge is 0.163 e. The highest BCUT2D eigenvalue weighted by Gasteiger charge is 2.12. The molecule has 0 saturated heterocycles. The van der Waals surface area contributed by atoms with Crippen molar-refractivity contribution >= 4 is 11.0 Å². The van der Waals surface area contributed by atoms with Gasteiger partial charge in [0.25, 0.3) is 0 Å². The molecule has 0 saturated carbocycles. The normalized spacial score (nSPS) is 10.8. The Hall–Kier alpha value is -2.50. The summed E-state index contributed by atoms with van der Waals surface area (Å²) in [5.74, 6) is 1.94. The van der Waals surface area contributed by atoms with Crippen molar-refractivity contribution in [3.05, 3.63) is 24.5 Å². The third-order valence-electron chi connectivity index (χ3n) is 2.67. The fourth-order valence-corrected chi connectivity index (χ4v) is 1.79. The van der Waals surface area contributed by atoms with E-state index in [9.17, 15) is 0 Å². The first-order valence-corrected chi connectivity index (χ1v) is 5.34. The molecule has 0 atom stereocenters. The maximum absolute atomic E-state index is 5.24. The molecule has 6 heteroatoms. The predicted molar refractivity (Wildman–Crippen MR) is 64.7 cm³/mol. The summed E-state index contributed by atoms with van der Waals surface area (Å²) in [6.45, 7) is 0. The molecule has 0 unspecified atom stereocenters. The predicted octanol–water partition coefficient (Wildman–Crippen LogP) is 2.24. The molecule has 0 radical (unpaired) electrons. The van der Waals surface area contributed by atoms with Crippen LogP contribution in [0.5, 0.6) is 11.5 Å². The number of hydrogen-bond donors (Lipinski definition) is 1. The van der Waals surface area contributed by atoms with Gasteiger partial charge in [-0.1, -0.05) is 5.16 Å². The fraction of sp³-hybridized carbons (Fsp3) is 0.167. The van der Waals surface area contributed by atoms with Gasteiger partial charge in [0.2, 0.25) is 0 Å². The van der Waals surface area contributed by atoms with E-state index in [-0.39, 0.29) is 0 Å². The van der Waals surface area contributed by atoms with Gasteiger partial charge in [0.15, 0.2) is 17.3 Å². The van der Waals surface area contributed by atoms with Gasteiger partial charge in [0, 0.05) is 18.2 Å². The molecule has 0 aliphatic carbocycles. The number of H-pyrrole nitrogens is 1. The lowest BCUT2D eigenvalue weighted by Gasteiger charge is -2.06. The van der Waals surface area contributed by atoms with Crippen molar-refractivity contribution in [2.75, 3.05) is 14.2 Å². The minimum absolute atomic E-state index is 0.642. The molecule has 0 amide bonds. The van der Waals surface area contributed by atoms with E-state index in [0.29, 0.717) is 23.0 Å². The minimum Gasteiger partial charge on any atom is -0.493 e. The van der Waals surface area contributed by atoms with Crippen LogP contribution in [0, 0.1) is 0 Å². The average Bonchev–Trinajstić information content (AvgIpc) is 3.04. The number of imidazole rings is 1. The molecule has 0 spiro atoms. The molecule has 1 N–H and O–H groups in total. The fourth-order valence-electron chi connectivity index (χ4n) is 1.79. The lowest BCUT2D eigenvalue weighted by Crippen LogP contribution is -1.89. The summed E-state index contributed by atoms with van der Waals surface area (Å²) >= 11 is 0. The highest BCUT2D eigenvalue weighted by atomic mass is 16.5. The van der Waals surface area contributed by atoms with Crippen LogP contribution in [0.15, 0.2) is 29.0 Å². The first-order chi connectivity index (χ1) is 8.81. The lowest BCUT2D eigenvalue weighted by molar-refractivity contribution is 0.356. The Balaban J connectivity index is 2.17. The second-order valence-electron chi connectivity index (χ2n) is 3.69. The summed E-state index contributed by atoms with van der Waals surface area (Å²) in [6.07, 6.45) is 1.50. The molecule has 92 valence electrons. The summed E-state index contributed by atoms with van der Waals surface area (Å²) in [4.78, 5) is 7.58. The van der Waals surface area contributed by atoms with Crippen LogP contribution in [-0.4, -0.2) is 29.3 Å². The number of aromatic amines is 1. The van der Waals surface area contributed by atoms with Gasteiger partial charge in [-0.05, 0) is 0 Å². The number of rotatable bonds is 3. The lowest BCUT2D eigenvalue weighted by atomic mass is 10.3. The molecule has 0 aliphatic rings. The number of hydrogen-bond acceptors (Lipinski definition) is 5. The molecule has 0 bridgehead atoms. The highest BCUT2D eigenvalue weighted by Crippen LogP contribution is 2.32. The molecule has 18 heavy (non-hydrogen) atoms. The molecule has 2 heterocycles. The van der Waals surface area contributed by atoms with Crippen LogP contribution >= 0.6 is 0 Å². The van der Waals surface area contributed by atoms with E-state index >= 15 is 0 Å². The summed E-state index contributed by atoms with van der Waals surface area (Å²) < 4.78 is 15.3. The maximum Gasteiger partial charge on any atom is 0.163 e. The van der Waals surface area contributed by atoms with Gasteiger partial charge in [0.05, 0.1) is 25.3 Å². The highest BCUT2D eigenvalue weighted by molar-refractivity contribution is 5.82. The van der Waals surface area contributed by atoms with E-state index in [1.165, 1.54) is 6.26 Å². The van der Waals surface area contributed by atoms with Crippen molar-refractivity contribution in [2.24, 2.45) is 0 Å². The monoisotopic (exact) mass is 245 g/mol. The standard InChI is InChI=1S/C12H11N3O3/c1-16-10-5-8-9(6-11(10)17-2)14-12(13-8)7-3-4-18-15-7/h3-6H,1-2H3,(H,13,14). The quantitative estimate of drug-likeness (QED) is 0.766. The first kappa shape index (κ1) is 10.6. The second-order valence-corrected chi connectivity index (χ2v) is 3.69. The van der Waals surface area contributed by atoms with Crippen LogP contribution in [0.4, 0.5) is 0 Å². The van der Waals surface area contributed by atoms with Crippen molar-refractivity contribution < 1.29 is 14.0 Å². The number of methoxy groups -OCH3 is 2. The van der Waals surface area contributed by atoms with Crippen LogP contribution in [0.2, 0.25) is 0 Å². The summed E-state index contributed by atoms with van der Waals surface area (Å²) in [5, 5.41) is 3.84. The molecule has 3 rings (SSSR count). The van der Waals surface area contributed by atoms with Gasteiger partial charge in [-0.3, -0.25) is 0 Å². The van der Waals surface area contributed by atoms with Crippen molar-refractivity contribution in [3.63, 3.8) is 0 Å². The Labute approximate surface area is 103 Å². The molecule has 1 aromatic carbocycles. The second kappa shape index (κ2) is 4.06. The number of ether oxygens (including phenoxy) is 2. The number of aromatic nitrogens is 3. The zero-order valence-electron chi connectivity index (χ0n) is 9.93. The molecule has 3 aromatic rings. The van der Waals surface area contributed by atoms with Gasteiger partial charge >= 0.3 is 0 Å². The van der Waals surface area contributed by atoms with Crippen LogP contribution in [0.1, 0.15) is 0 Å². The molecule has 0 fully saturated rings. The average molecular weight is 245 g/mol. The van der Waals surface area contributed by atoms with Gasteiger partial charge in [0.1, 0.15) is 12.0 Å². The van der Waals surface area contributed by atoms with Gasteiger partial charge in [-0.15, -0.1) is 0 Å². The summed E-state index contributed by atoms with van der Waals surface area (Å²) in [5.41, 5.74) is 2.29. The molecule has 2 aromatic heterocycles. The van der Waals surface area contributed by atoms with Crippen molar-refractivity contribution in [2.45, 2.75) is 0 Å². The van der Waals surface area contributed by atoms with E-state index in [4.69, 9.17) is 14.0 Å². The van der Waals surface area contributed by atoms with Crippen LogP contribution in [0.3, 0.4) is 0 Å². The van der Waals surface area contributed by atoms with Crippen LogP contribution in [0.25, 0.3) is 22.6 Å². The third-order valence-corrected chi connectivity index (χ3v) is 2.67.